The summed E-state index contributed by atoms with van der Waals surface area (Å²) in [6.07, 6.45) is 0. The molecule has 0 bridgehead atoms. The molecule has 0 saturated carbocycles. The predicted octanol–water partition coefficient (Wildman–Crippen LogP) is 1.41. The number of hydrogen-bond donors (Lipinski definition) is 2. The number of carbonyl (C=O) groups excluding carboxylic acids is 1. The van der Waals surface area contributed by atoms with Crippen LogP contribution in [0.1, 0.15) is 24.1 Å². The molecule has 0 heterocycles. The van der Waals surface area contributed by atoms with Crippen LogP contribution in [0.3, 0.4) is 0 Å². The maximum atomic E-state index is 11.7. The van der Waals surface area contributed by atoms with E-state index in [4.69, 9.17) is 4.74 Å². The molecule has 1 amide bonds. The van der Waals surface area contributed by atoms with Crippen molar-refractivity contribution in [2.75, 3.05) is 26.8 Å². The fraction of sp³-hybridized carbons (Fsp3) is 0.500. The number of amides is 1. The fourth-order valence-corrected chi connectivity index (χ4v) is 1.82. The zero-order chi connectivity index (χ0) is 13.4. The largest absolute Gasteiger partial charge is 0.383 e. The summed E-state index contributed by atoms with van der Waals surface area (Å²) in [5.41, 5.74) is 2.35. The Morgan fingerprint density at radius 2 is 2.11 bits per heavy atom. The standard InChI is InChI=1S/C14H22N2O2/c1-11-6-4-5-7-13(11)12(2)16-14(17)10-15-8-9-18-3/h4-7,12,15H,8-10H2,1-3H3,(H,16,17)/t12-/m0/s1. The van der Waals surface area contributed by atoms with Crippen molar-refractivity contribution in [3.63, 3.8) is 0 Å². The fourth-order valence-electron chi connectivity index (χ4n) is 1.82. The molecule has 0 aliphatic heterocycles. The van der Waals surface area contributed by atoms with Gasteiger partial charge in [0.25, 0.3) is 0 Å². The number of hydrogen-bond acceptors (Lipinski definition) is 3. The van der Waals surface area contributed by atoms with Gasteiger partial charge in [-0.15, -0.1) is 0 Å². The van der Waals surface area contributed by atoms with Gasteiger partial charge in [-0.25, -0.2) is 0 Å². The van der Waals surface area contributed by atoms with E-state index in [2.05, 4.69) is 23.6 Å². The highest BCUT2D eigenvalue weighted by atomic mass is 16.5. The average molecular weight is 250 g/mol. The lowest BCUT2D eigenvalue weighted by atomic mass is 10.0. The van der Waals surface area contributed by atoms with E-state index < -0.39 is 0 Å². The summed E-state index contributed by atoms with van der Waals surface area (Å²) in [6.45, 7) is 5.66. The van der Waals surface area contributed by atoms with Gasteiger partial charge in [-0.05, 0) is 25.0 Å². The highest BCUT2D eigenvalue weighted by Gasteiger charge is 2.10. The van der Waals surface area contributed by atoms with Gasteiger partial charge >= 0.3 is 0 Å². The van der Waals surface area contributed by atoms with Crippen LogP contribution in [-0.4, -0.2) is 32.7 Å². The summed E-state index contributed by atoms with van der Waals surface area (Å²) in [5.74, 6) is 0.00172. The third-order valence-corrected chi connectivity index (χ3v) is 2.80. The van der Waals surface area contributed by atoms with Crippen molar-refractivity contribution in [2.45, 2.75) is 19.9 Å². The number of carbonyl (C=O) groups is 1. The Labute approximate surface area is 109 Å². The smallest absolute Gasteiger partial charge is 0.234 e. The number of nitrogens with one attached hydrogen (secondary N) is 2. The molecule has 100 valence electrons. The Morgan fingerprint density at radius 1 is 1.39 bits per heavy atom. The Kier molecular flexibility index (Phi) is 6.39. The van der Waals surface area contributed by atoms with E-state index in [1.807, 2.05) is 25.1 Å². The monoisotopic (exact) mass is 250 g/mol. The Hall–Kier alpha value is -1.39. The van der Waals surface area contributed by atoms with Gasteiger partial charge in [0.2, 0.25) is 5.91 Å². The second-order valence-electron chi connectivity index (χ2n) is 4.32. The van der Waals surface area contributed by atoms with Crippen molar-refractivity contribution in [2.24, 2.45) is 0 Å². The van der Waals surface area contributed by atoms with Crippen LogP contribution in [0.25, 0.3) is 0 Å². The quantitative estimate of drug-likeness (QED) is 0.719. The van der Waals surface area contributed by atoms with Crippen molar-refractivity contribution in [3.05, 3.63) is 35.4 Å². The maximum absolute atomic E-state index is 11.7. The third-order valence-electron chi connectivity index (χ3n) is 2.80. The topological polar surface area (TPSA) is 50.4 Å². The van der Waals surface area contributed by atoms with Crippen molar-refractivity contribution in [1.82, 2.24) is 10.6 Å². The number of benzene rings is 1. The van der Waals surface area contributed by atoms with Crippen LogP contribution >= 0.6 is 0 Å². The maximum Gasteiger partial charge on any atom is 0.234 e. The van der Waals surface area contributed by atoms with E-state index in [1.54, 1.807) is 7.11 Å². The highest BCUT2D eigenvalue weighted by molar-refractivity contribution is 5.78. The number of ether oxygens (including phenoxy) is 1. The molecule has 0 radical (unpaired) electrons. The summed E-state index contributed by atoms with van der Waals surface area (Å²) in [5, 5.41) is 5.99. The lowest BCUT2D eigenvalue weighted by Crippen LogP contribution is -2.36. The van der Waals surface area contributed by atoms with E-state index in [1.165, 1.54) is 5.56 Å². The lowest BCUT2D eigenvalue weighted by Gasteiger charge is -2.16. The molecule has 0 fully saturated rings. The first-order chi connectivity index (χ1) is 8.65. The van der Waals surface area contributed by atoms with Crippen LogP contribution in [0.4, 0.5) is 0 Å². The van der Waals surface area contributed by atoms with E-state index >= 15 is 0 Å². The van der Waals surface area contributed by atoms with Crippen LogP contribution in [0.15, 0.2) is 24.3 Å². The molecular weight excluding hydrogens is 228 g/mol. The van der Waals surface area contributed by atoms with Gasteiger partial charge in [0.1, 0.15) is 0 Å². The molecule has 1 rings (SSSR count). The van der Waals surface area contributed by atoms with E-state index in [-0.39, 0.29) is 11.9 Å². The lowest BCUT2D eigenvalue weighted by molar-refractivity contribution is -0.120. The molecule has 0 aliphatic carbocycles. The predicted molar refractivity (Wildman–Crippen MR) is 72.5 cm³/mol. The first-order valence-electron chi connectivity index (χ1n) is 6.19. The van der Waals surface area contributed by atoms with Crippen molar-refractivity contribution in [3.8, 4) is 0 Å². The van der Waals surface area contributed by atoms with Crippen LogP contribution in [0, 0.1) is 6.92 Å². The molecule has 0 spiro atoms. The zero-order valence-electron chi connectivity index (χ0n) is 11.3. The van der Waals surface area contributed by atoms with Crippen LogP contribution < -0.4 is 10.6 Å². The summed E-state index contributed by atoms with van der Waals surface area (Å²) < 4.78 is 4.90. The normalized spacial score (nSPS) is 12.2. The molecular formula is C14H22N2O2. The molecule has 1 aromatic carbocycles. The van der Waals surface area contributed by atoms with Gasteiger partial charge < -0.3 is 15.4 Å². The Morgan fingerprint density at radius 3 is 2.78 bits per heavy atom. The number of methoxy groups -OCH3 is 1. The molecule has 0 aromatic heterocycles. The Balaban J connectivity index is 2.38. The van der Waals surface area contributed by atoms with E-state index in [9.17, 15) is 4.79 Å². The van der Waals surface area contributed by atoms with Crippen LogP contribution in [0.2, 0.25) is 0 Å². The summed E-state index contributed by atoms with van der Waals surface area (Å²) >= 11 is 0. The minimum atomic E-state index is 0.00172. The van der Waals surface area contributed by atoms with Crippen molar-refractivity contribution >= 4 is 5.91 Å². The average Bonchev–Trinajstić information content (AvgIpc) is 2.35. The van der Waals surface area contributed by atoms with Gasteiger partial charge in [-0.3, -0.25) is 4.79 Å². The molecule has 0 saturated heterocycles. The number of aryl methyl sites for hydroxylation is 1. The Bertz CT molecular complexity index is 380. The molecule has 1 atom stereocenters. The SMILES string of the molecule is COCCNCC(=O)N[C@@H](C)c1ccccc1C. The van der Waals surface area contributed by atoms with Gasteiger partial charge in [0.05, 0.1) is 19.2 Å². The van der Waals surface area contributed by atoms with Crippen molar-refractivity contribution in [1.29, 1.82) is 0 Å². The highest BCUT2D eigenvalue weighted by Crippen LogP contribution is 2.16. The van der Waals surface area contributed by atoms with Gasteiger partial charge in [0.15, 0.2) is 0 Å². The van der Waals surface area contributed by atoms with Crippen LogP contribution in [0.5, 0.6) is 0 Å². The van der Waals surface area contributed by atoms with Gasteiger partial charge in [0, 0.05) is 13.7 Å². The molecule has 18 heavy (non-hydrogen) atoms. The van der Waals surface area contributed by atoms with E-state index in [0.717, 1.165) is 5.56 Å². The molecule has 4 heteroatoms. The van der Waals surface area contributed by atoms with Gasteiger partial charge in [-0.2, -0.15) is 0 Å². The first kappa shape index (κ1) is 14.7. The third kappa shape index (κ3) is 4.85. The second-order valence-corrected chi connectivity index (χ2v) is 4.32. The minimum absolute atomic E-state index is 0.00172. The van der Waals surface area contributed by atoms with Crippen LogP contribution in [-0.2, 0) is 9.53 Å². The summed E-state index contributed by atoms with van der Waals surface area (Å²) in [7, 11) is 1.64. The zero-order valence-corrected chi connectivity index (χ0v) is 11.3. The summed E-state index contributed by atoms with van der Waals surface area (Å²) in [4.78, 5) is 11.7. The van der Waals surface area contributed by atoms with Crippen molar-refractivity contribution < 1.29 is 9.53 Å². The number of rotatable bonds is 7. The molecule has 4 nitrogen and oxygen atoms in total. The second kappa shape index (κ2) is 7.84. The molecule has 1 aromatic rings. The van der Waals surface area contributed by atoms with Gasteiger partial charge in [-0.1, -0.05) is 24.3 Å². The van der Waals surface area contributed by atoms with E-state index in [0.29, 0.717) is 19.7 Å². The minimum Gasteiger partial charge on any atom is -0.383 e. The molecule has 0 unspecified atom stereocenters. The molecule has 2 N–H and O–H groups in total. The summed E-state index contributed by atoms with van der Waals surface area (Å²) in [6, 6.07) is 8.11. The first-order valence-corrected chi connectivity index (χ1v) is 6.19. The molecule has 0 aliphatic rings.